The summed E-state index contributed by atoms with van der Waals surface area (Å²) in [5.41, 5.74) is 0.288. The second kappa shape index (κ2) is 8.41. The lowest BCUT2D eigenvalue weighted by molar-refractivity contribution is 0.0951. The first-order valence-electron chi connectivity index (χ1n) is 8.93. The van der Waals surface area contributed by atoms with Crippen molar-refractivity contribution in [1.82, 2.24) is 10.0 Å². The number of carbonyl (C=O) groups excluding carboxylic acids is 1. The van der Waals surface area contributed by atoms with E-state index in [0.29, 0.717) is 6.54 Å². The Labute approximate surface area is 164 Å². The average molecular weight is 409 g/mol. The third kappa shape index (κ3) is 4.88. The number of carbonyl (C=O) groups is 1. The van der Waals surface area contributed by atoms with Gasteiger partial charge in [-0.3, -0.25) is 4.79 Å². The molecule has 3 rings (SSSR count). The van der Waals surface area contributed by atoms with E-state index >= 15 is 0 Å². The summed E-state index contributed by atoms with van der Waals surface area (Å²) in [4.78, 5) is 14.7. The van der Waals surface area contributed by atoms with Crippen molar-refractivity contribution in [2.24, 2.45) is 0 Å². The molecule has 1 aromatic heterocycles. The molecular formula is C19H24N2O4S2. The fourth-order valence-electron chi connectivity index (χ4n) is 3.20. The Morgan fingerprint density at radius 1 is 1.22 bits per heavy atom. The van der Waals surface area contributed by atoms with Gasteiger partial charge >= 0.3 is 0 Å². The molecule has 0 bridgehead atoms. The zero-order chi connectivity index (χ0) is 19.4. The zero-order valence-electron chi connectivity index (χ0n) is 15.4. The average Bonchev–Trinajstić information content (AvgIpc) is 3.30. The summed E-state index contributed by atoms with van der Waals surface area (Å²) >= 11 is 1.62. The van der Waals surface area contributed by atoms with Crippen LogP contribution in [-0.2, 0) is 16.6 Å². The molecule has 0 unspecified atom stereocenters. The molecule has 0 radical (unpaired) electrons. The number of hydrogen-bond donors (Lipinski definition) is 2. The first-order chi connectivity index (χ1) is 12.9. The fraction of sp³-hybridized carbons (Fsp3) is 0.421. The third-order valence-corrected chi connectivity index (χ3v) is 7.15. The molecule has 1 fully saturated rings. The zero-order valence-corrected chi connectivity index (χ0v) is 17.1. The Morgan fingerprint density at radius 3 is 2.59 bits per heavy atom. The van der Waals surface area contributed by atoms with Crippen LogP contribution >= 0.6 is 11.3 Å². The lowest BCUT2D eigenvalue weighted by atomic mass is 10.2. The summed E-state index contributed by atoms with van der Waals surface area (Å²) in [6.45, 7) is 2.42. The molecular weight excluding hydrogens is 384 g/mol. The fourth-order valence-corrected chi connectivity index (χ4v) is 5.53. The molecule has 0 atom stereocenters. The number of nitrogens with one attached hydrogen (secondary N) is 2. The normalized spacial score (nSPS) is 15.0. The van der Waals surface area contributed by atoms with Gasteiger partial charge in [0.25, 0.3) is 5.91 Å². The second-order valence-corrected chi connectivity index (χ2v) is 9.72. The summed E-state index contributed by atoms with van der Waals surface area (Å²) in [5, 5.41) is 2.83. The maximum absolute atomic E-state index is 12.8. The van der Waals surface area contributed by atoms with Crippen LogP contribution in [0.4, 0.5) is 0 Å². The van der Waals surface area contributed by atoms with Gasteiger partial charge in [-0.2, -0.15) is 0 Å². The van der Waals surface area contributed by atoms with Gasteiger partial charge in [0.1, 0.15) is 10.6 Å². The standard InChI is InChI=1S/C19H24N2O4S2/c1-13-7-9-16(26-13)12-20-19(22)14-8-10-17(25-2)18(11-14)27(23,24)21-15-5-3-4-6-15/h7-11,15,21H,3-6,12H2,1-2H3,(H,20,22). The van der Waals surface area contributed by atoms with Crippen LogP contribution in [0.25, 0.3) is 0 Å². The van der Waals surface area contributed by atoms with Crippen LogP contribution in [0.2, 0.25) is 0 Å². The van der Waals surface area contributed by atoms with E-state index < -0.39 is 10.0 Å². The van der Waals surface area contributed by atoms with Crippen molar-refractivity contribution in [3.05, 3.63) is 45.6 Å². The van der Waals surface area contributed by atoms with Crippen molar-refractivity contribution in [3.63, 3.8) is 0 Å². The number of methoxy groups -OCH3 is 1. The topological polar surface area (TPSA) is 84.5 Å². The van der Waals surface area contributed by atoms with Gasteiger partial charge in [-0.25, -0.2) is 13.1 Å². The van der Waals surface area contributed by atoms with Crippen LogP contribution in [0, 0.1) is 6.92 Å². The van der Waals surface area contributed by atoms with Crippen LogP contribution in [0.1, 0.15) is 45.8 Å². The number of thiophene rings is 1. The minimum Gasteiger partial charge on any atom is -0.495 e. The highest BCUT2D eigenvalue weighted by Crippen LogP contribution is 2.27. The molecule has 1 heterocycles. The molecule has 2 N–H and O–H groups in total. The van der Waals surface area contributed by atoms with Crippen LogP contribution in [0.5, 0.6) is 5.75 Å². The highest BCUT2D eigenvalue weighted by molar-refractivity contribution is 7.89. The van der Waals surface area contributed by atoms with Crippen LogP contribution in [0.15, 0.2) is 35.2 Å². The summed E-state index contributed by atoms with van der Waals surface area (Å²) in [6, 6.07) is 8.38. The predicted molar refractivity (Wildman–Crippen MR) is 106 cm³/mol. The highest BCUT2D eigenvalue weighted by atomic mass is 32.2. The van der Waals surface area contributed by atoms with Crippen molar-refractivity contribution in [3.8, 4) is 5.75 Å². The number of amides is 1. The molecule has 1 amide bonds. The maximum Gasteiger partial charge on any atom is 0.251 e. The third-order valence-electron chi connectivity index (χ3n) is 4.61. The Hall–Kier alpha value is -1.90. The molecule has 146 valence electrons. The first kappa shape index (κ1) is 19.9. The van der Waals surface area contributed by atoms with E-state index in [-0.39, 0.29) is 28.2 Å². The van der Waals surface area contributed by atoms with Gasteiger partial charge in [0.2, 0.25) is 10.0 Å². The lowest BCUT2D eigenvalue weighted by Gasteiger charge is -2.15. The van der Waals surface area contributed by atoms with Crippen molar-refractivity contribution in [2.75, 3.05) is 7.11 Å². The summed E-state index contributed by atoms with van der Waals surface area (Å²) < 4.78 is 33.6. The van der Waals surface area contributed by atoms with E-state index in [1.807, 2.05) is 19.1 Å². The molecule has 0 saturated heterocycles. The molecule has 1 aromatic carbocycles. The van der Waals surface area contributed by atoms with Gasteiger partial charge in [-0.15, -0.1) is 11.3 Å². The van der Waals surface area contributed by atoms with Gasteiger partial charge in [-0.1, -0.05) is 12.8 Å². The van der Waals surface area contributed by atoms with Crippen LogP contribution in [-0.4, -0.2) is 27.5 Å². The van der Waals surface area contributed by atoms with Crippen molar-refractivity contribution in [2.45, 2.75) is 50.1 Å². The van der Waals surface area contributed by atoms with Crippen molar-refractivity contribution < 1.29 is 17.9 Å². The van der Waals surface area contributed by atoms with Gasteiger partial charge in [-0.05, 0) is 50.1 Å². The van der Waals surface area contributed by atoms with Gasteiger partial charge in [0.15, 0.2) is 0 Å². The summed E-state index contributed by atoms with van der Waals surface area (Å²) in [5.74, 6) is -0.0908. The van der Waals surface area contributed by atoms with E-state index in [0.717, 1.165) is 30.6 Å². The van der Waals surface area contributed by atoms with Crippen LogP contribution < -0.4 is 14.8 Å². The predicted octanol–water partition coefficient (Wildman–Crippen LogP) is 3.22. The largest absolute Gasteiger partial charge is 0.495 e. The Bertz CT molecular complexity index is 916. The SMILES string of the molecule is COc1ccc(C(=O)NCc2ccc(C)s2)cc1S(=O)(=O)NC1CCCC1. The van der Waals surface area contributed by atoms with E-state index in [1.165, 1.54) is 24.1 Å². The van der Waals surface area contributed by atoms with E-state index in [2.05, 4.69) is 10.0 Å². The maximum atomic E-state index is 12.8. The molecule has 6 nitrogen and oxygen atoms in total. The van der Waals surface area contributed by atoms with Crippen molar-refractivity contribution >= 4 is 27.3 Å². The minimum atomic E-state index is -3.76. The lowest BCUT2D eigenvalue weighted by Crippen LogP contribution is -2.33. The molecule has 8 heteroatoms. The number of rotatable bonds is 7. The summed E-state index contributed by atoms with van der Waals surface area (Å²) in [7, 11) is -2.34. The summed E-state index contributed by atoms with van der Waals surface area (Å²) in [6.07, 6.45) is 3.72. The number of hydrogen-bond acceptors (Lipinski definition) is 5. The number of benzene rings is 1. The van der Waals surface area contributed by atoms with Crippen LogP contribution in [0.3, 0.4) is 0 Å². The number of aryl methyl sites for hydroxylation is 1. The van der Waals surface area contributed by atoms with E-state index in [9.17, 15) is 13.2 Å². The Morgan fingerprint density at radius 2 is 1.96 bits per heavy atom. The second-order valence-electron chi connectivity index (χ2n) is 6.66. The monoisotopic (exact) mass is 408 g/mol. The van der Waals surface area contributed by atoms with E-state index in [4.69, 9.17) is 4.74 Å². The molecule has 0 aliphatic heterocycles. The number of sulfonamides is 1. The molecule has 27 heavy (non-hydrogen) atoms. The van der Waals surface area contributed by atoms with Gasteiger partial charge < -0.3 is 10.1 Å². The van der Waals surface area contributed by atoms with Crippen molar-refractivity contribution in [1.29, 1.82) is 0 Å². The molecule has 1 aliphatic rings. The van der Waals surface area contributed by atoms with E-state index in [1.54, 1.807) is 17.4 Å². The van der Waals surface area contributed by atoms with Gasteiger partial charge in [0.05, 0.1) is 13.7 Å². The molecule has 0 spiro atoms. The molecule has 1 aliphatic carbocycles. The van der Waals surface area contributed by atoms with Gasteiger partial charge in [0, 0.05) is 21.4 Å². The molecule has 1 saturated carbocycles. The molecule has 2 aromatic rings. The Kier molecular flexibility index (Phi) is 6.18. The quantitative estimate of drug-likeness (QED) is 0.737. The first-order valence-corrected chi connectivity index (χ1v) is 11.2. The minimum absolute atomic E-state index is 0.00322. The number of ether oxygens (including phenoxy) is 1. The Balaban J connectivity index is 1.78. The smallest absolute Gasteiger partial charge is 0.251 e. The highest BCUT2D eigenvalue weighted by Gasteiger charge is 2.26.